The van der Waals surface area contributed by atoms with E-state index in [9.17, 15) is 33.9 Å². The van der Waals surface area contributed by atoms with Crippen molar-refractivity contribution >= 4 is 63.2 Å². The third-order valence-corrected chi connectivity index (χ3v) is 23.8. The lowest BCUT2D eigenvalue weighted by molar-refractivity contribution is -0.148. The number of nitrogens with zero attached hydrogens (tertiary/aromatic N) is 4. The highest BCUT2D eigenvalue weighted by Gasteiger charge is 2.49. The van der Waals surface area contributed by atoms with Gasteiger partial charge in [-0.2, -0.15) is 0 Å². The van der Waals surface area contributed by atoms with Gasteiger partial charge in [-0.3, -0.25) is 19.2 Å². The number of nitrogens with one attached hydrogen (secondary N) is 3. The Kier molecular flexibility index (Phi) is 19.1. The molecule has 3 atom stereocenters. The van der Waals surface area contributed by atoms with Crippen LogP contribution >= 0.6 is 0 Å². The van der Waals surface area contributed by atoms with Crippen LogP contribution in [0.15, 0.2) is 78.9 Å². The van der Waals surface area contributed by atoms with Crippen molar-refractivity contribution in [2.75, 3.05) is 47.4 Å². The van der Waals surface area contributed by atoms with Gasteiger partial charge in [0.25, 0.3) is 11.8 Å². The molecule has 5 rings (SSSR count). The highest BCUT2D eigenvalue weighted by molar-refractivity contribution is 6.75. The van der Waals surface area contributed by atoms with Crippen LogP contribution in [-0.4, -0.2) is 143 Å². The minimum absolute atomic E-state index is 0.0314. The predicted molar refractivity (Wildman–Crippen MR) is 289 cm³/mol. The first-order chi connectivity index (χ1) is 34.1. The number of aromatic nitrogens is 1. The van der Waals surface area contributed by atoms with Crippen LogP contribution < -0.4 is 16.0 Å². The number of amides is 5. The van der Waals surface area contributed by atoms with E-state index in [0.717, 1.165) is 43.8 Å². The lowest BCUT2D eigenvalue weighted by Gasteiger charge is -2.44. The average Bonchev–Trinajstić information content (AvgIpc) is 3.84. The van der Waals surface area contributed by atoms with Crippen LogP contribution in [0.5, 0.6) is 0 Å². The third kappa shape index (κ3) is 14.3. The van der Waals surface area contributed by atoms with Crippen LogP contribution in [0.2, 0.25) is 36.3 Å². The summed E-state index contributed by atoms with van der Waals surface area (Å²) in [6.07, 6.45) is -3.30. The quantitative estimate of drug-likeness (QED) is 0.0322. The van der Waals surface area contributed by atoms with E-state index in [1.165, 1.54) is 19.0 Å². The number of benzene rings is 3. The van der Waals surface area contributed by atoms with Gasteiger partial charge in [-0.25, -0.2) is 19.6 Å². The first kappa shape index (κ1) is 58.0. The molecule has 3 aromatic carbocycles. The van der Waals surface area contributed by atoms with Gasteiger partial charge in [0.2, 0.25) is 11.8 Å². The topological polar surface area (TPSA) is 201 Å². The molecule has 1 aliphatic carbocycles. The van der Waals surface area contributed by atoms with E-state index < -0.39 is 64.7 Å². The number of aliphatic carboxylic acids is 1. The zero-order chi connectivity index (χ0) is 54.2. The number of ether oxygens (including phenoxy) is 1. The van der Waals surface area contributed by atoms with Crippen LogP contribution in [0.1, 0.15) is 84.0 Å². The number of hydrogen-bond acceptors (Lipinski definition) is 10. The molecule has 17 nitrogen and oxygen atoms in total. The van der Waals surface area contributed by atoms with E-state index in [0.29, 0.717) is 13.1 Å². The SMILES string of the molecule is CC(C(=O)O)N(C)C(=O)CCNC(=O)C(O[Si](C)(C)C(C)(C)C)C(O[Si](C)(C)C(C)(C)C)C(=O)NCCNC(=O)CCn1c(CN(C)N(C)C(=O)OCC2c3ccccc3-c3ccccc32)cc2ccccc21. The molecule has 0 aliphatic heterocycles. The lowest BCUT2D eigenvalue weighted by atomic mass is 9.98. The lowest BCUT2D eigenvalue weighted by Crippen LogP contribution is -2.60. The first-order valence-electron chi connectivity index (χ1n) is 25.1. The maximum absolute atomic E-state index is 14.4. The molecule has 398 valence electrons. The summed E-state index contributed by atoms with van der Waals surface area (Å²) < 4.78 is 21.5. The number of carbonyl (C=O) groups excluding carboxylic acids is 5. The Morgan fingerprint density at radius 1 is 0.699 bits per heavy atom. The summed E-state index contributed by atoms with van der Waals surface area (Å²) in [7, 11) is -0.623. The summed E-state index contributed by atoms with van der Waals surface area (Å²) in [6, 6.07) is 25.3. The van der Waals surface area contributed by atoms with E-state index in [2.05, 4.69) is 50.8 Å². The summed E-state index contributed by atoms with van der Waals surface area (Å²) in [4.78, 5) is 81.0. The standard InChI is InChI=1S/C54H79N7O10Si2/c1-36(51(66)67)59(9)46(63)27-29-56-49(64)47(70-72(11,12)53(2,3)4)48(71-73(13,14)54(5,6)7)50(65)57-31-30-55-45(62)28-32-61-38(33-37-21-15-20-26-44(37)61)34-58(8)60(10)52(68)69-35-43-41-24-18-16-22-39(41)40-23-17-19-25-42(40)43/h15-26,33,36,43,47-48H,27-32,34-35H2,1-14H3,(H,55,62)(H,56,64)(H,57,65)(H,66,67). The summed E-state index contributed by atoms with van der Waals surface area (Å²) >= 11 is 0. The van der Waals surface area contributed by atoms with Crippen LogP contribution in [0, 0.1) is 0 Å². The number of rotatable bonds is 23. The fourth-order valence-corrected chi connectivity index (χ4v) is 10.5. The van der Waals surface area contributed by atoms with Crippen LogP contribution in [0.4, 0.5) is 4.79 Å². The summed E-state index contributed by atoms with van der Waals surface area (Å²) in [5.41, 5.74) is 6.40. The van der Waals surface area contributed by atoms with Gasteiger partial charge in [0, 0.05) is 77.3 Å². The van der Waals surface area contributed by atoms with E-state index >= 15 is 0 Å². The number of likely N-dealkylation sites (N-methyl/N-ethyl adjacent to an activating group) is 1. The van der Waals surface area contributed by atoms with Crippen molar-refractivity contribution in [3.8, 4) is 11.1 Å². The van der Waals surface area contributed by atoms with E-state index in [1.54, 1.807) is 12.1 Å². The summed E-state index contributed by atoms with van der Waals surface area (Å²) in [5.74, 6) is -3.16. The van der Waals surface area contributed by atoms with Gasteiger partial charge in [0.05, 0.1) is 6.54 Å². The number of carboxylic acid groups (broad SMARTS) is 1. The molecule has 0 spiro atoms. The minimum Gasteiger partial charge on any atom is -0.480 e. The Morgan fingerprint density at radius 2 is 1.19 bits per heavy atom. The molecular weight excluding hydrogens is 963 g/mol. The second-order valence-electron chi connectivity index (χ2n) is 22.0. The van der Waals surface area contributed by atoms with Gasteiger partial charge in [-0.15, -0.1) is 0 Å². The second kappa shape index (κ2) is 24.0. The molecule has 0 bridgehead atoms. The molecule has 1 heterocycles. The van der Waals surface area contributed by atoms with Crippen molar-refractivity contribution < 1.29 is 47.5 Å². The Balaban J connectivity index is 1.22. The Labute approximate surface area is 433 Å². The van der Waals surface area contributed by atoms with Crippen LogP contribution in [-0.2, 0) is 50.7 Å². The third-order valence-electron chi connectivity index (χ3n) is 14.9. The second-order valence-corrected chi connectivity index (χ2v) is 31.6. The molecular formula is C54H79N7O10Si2. The number of fused-ring (bicyclic) bond motifs is 4. The van der Waals surface area contributed by atoms with Crippen LogP contribution in [0.25, 0.3) is 22.0 Å². The van der Waals surface area contributed by atoms with Crippen molar-refractivity contribution in [1.82, 2.24) is 35.4 Å². The molecule has 0 saturated heterocycles. The molecule has 0 fully saturated rings. The largest absolute Gasteiger partial charge is 0.480 e. The highest BCUT2D eigenvalue weighted by Crippen LogP contribution is 2.45. The van der Waals surface area contributed by atoms with Crippen molar-refractivity contribution in [3.05, 3.63) is 95.7 Å². The number of para-hydroxylation sites is 1. The molecule has 0 radical (unpaired) electrons. The zero-order valence-electron chi connectivity index (χ0n) is 45.4. The normalized spacial score (nSPS) is 14.2. The number of carboxylic acids is 1. The van der Waals surface area contributed by atoms with Crippen molar-refractivity contribution in [1.29, 1.82) is 0 Å². The highest BCUT2D eigenvalue weighted by atomic mass is 28.4. The fraction of sp³-hybridized carbons (Fsp3) is 0.519. The maximum Gasteiger partial charge on any atom is 0.424 e. The van der Waals surface area contributed by atoms with Crippen molar-refractivity contribution in [3.63, 3.8) is 0 Å². The predicted octanol–water partition coefficient (Wildman–Crippen LogP) is 7.71. The van der Waals surface area contributed by atoms with Crippen molar-refractivity contribution in [2.45, 2.75) is 135 Å². The Morgan fingerprint density at radius 3 is 1.73 bits per heavy atom. The fourth-order valence-electron chi connectivity index (χ4n) is 8.07. The number of hydrazine groups is 1. The van der Waals surface area contributed by atoms with Crippen molar-refractivity contribution in [2.24, 2.45) is 0 Å². The van der Waals surface area contributed by atoms with Gasteiger partial charge < -0.3 is 44.1 Å². The molecule has 5 amide bonds. The molecule has 1 aromatic heterocycles. The first-order valence-corrected chi connectivity index (χ1v) is 30.9. The van der Waals surface area contributed by atoms with E-state index in [4.69, 9.17) is 13.6 Å². The van der Waals surface area contributed by atoms with Crippen LogP contribution in [0.3, 0.4) is 0 Å². The summed E-state index contributed by atoms with van der Waals surface area (Å²) in [5, 5.41) is 21.5. The van der Waals surface area contributed by atoms with Gasteiger partial charge >= 0.3 is 12.1 Å². The van der Waals surface area contributed by atoms with Gasteiger partial charge in [-0.1, -0.05) is 108 Å². The molecule has 4 N–H and O–H groups in total. The monoisotopic (exact) mass is 1040 g/mol. The minimum atomic E-state index is -2.75. The number of aryl methyl sites for hydroxylation is 1. The van der Waals surface area contributed by atoms with E-state index in [1.807, 2.05) is 123 Å². The van der Waals surface area contributed by atoms with Gasteiger partial charge in [-0.05, 0) is 83.0 Å². The molecule has 19 heteroatoms. The summed E-state index contributed by atoms with van der Waals surface area (Å²) in [6.45, 7) is 22.3. The number of hydrogen-bond donors (Lipinski definition) is 4. The smallest absolute Gasteiger partial charge is 0.424 e. The van der Waals surface area contributed by atoms with E-state index in [-0.39, 0.29) is 61.0 Å². The van der Waals surface area contributed by atoms with Gasteiger partial charge in [0.1, 0.15) is 12.6 Å². The molecule has 1 aliphatic rings. The Hall–Kier alpha value is -5.87. The molecule has 3 unspecified atom stereocenters. The molecule has 73 heavy (non-hydrogen) atoms. The number of carbonyl (C=O) groups is 6. The zero-order valence-corrected chi connectivity index (χ0v) is 47.4. The molecule has 0 saturated carbocycles. The maximum atomic E-state index is 14.4. The average molecular weight is 1040 g/mol. The van der Waals surface area contributed by atoms with Gasteiger partial charge in [0.15, 0.2) is 28.8 Å². The Bertz CT molecular complexity index is 2580. The molecule has 4 aromatic rings.